The van der Waals surface area contributed by atoms with Crippen molar-refractivity contribution in [3.8, 4) is 0 Å². The molecule has 1 aromatic carbocycles. The number of nitrogens with one attached hydrogen (secondary N) is 1. The van der Waals surface area contributed by atoms with Crippen LogP contribution in [0.25, 0.3) is 10.9 Å². The van der Waals surface area contributed by atoms with Gasteiger partial charge in [-0.05, 0) is 31.2 Å². The monoisotopic (exact) mass is 334 g/mol. The molecule has 5 nitrogen and oxygen atoms in total. The normalized spacial score (nSPS) is 16.9. The van der Waals surface area contributed by atoms with Crippen molar-refractivity contribution in [3.05, 3.63) is 66.1 Å². The Morgan fingerprint density at radius 2 is 1.92 bits per heavy atom. The first-order valence-corrected chi connectivity index (χ1v) is 8.74. The number of hydrogen-bond donors (Lipinski definition) is 1. The average molecular weight is 334 g/mol. The predicted molar refractivity (Wildman–Crippen MR) is 98.4 cm³/mol. The van der Waals surface area contributed by atoms with Crippen LogP contribution in [0.15, 0.2) is 54.9 Å². The molecule has 0 saturated carbocycles. The van der Waals surface area contributed by atoms with Crippen molar-refractivity contribution in [2.24, 2.45) is 0 Å². The summed E-state index contributed by atoms with van der Waals surface area (Å²) in [5.74, 6) is 0.109. The number of rotatable bonds is 3. The molecule has 128 valence electrons. The van der Waals surface area contributed by atoms with E-state index in [2.05, 4.69) is 27.9 Å². The standard InChI is InChI=1S/C20H22N4O/c1-15(18-7-2-3-9-21-18)23-11-13-24(14-12-23)20(25)17-6-4-5-16-8-10-22-19(16)17/h2-10,15,22H,11-14H2,1H3/t15-/m0/s1. The summed E-state index contributed by atoms with van der Waals surface area (Å²) in [4.78, 5) is 24.9. The molecule has 1 amide bonds. The van der Waals surface area contributed by atoms with Crippen molar-refractivity contribution in [2.75, 3.05) is 26.2 Å². The van der Waals surface area contributed by atoms with E-state index in [-0.39, 0.29) is 11.9 Å². The van der Waals surface area contributed by atoms with E-state index in [1.807, 2.05) is 53.7 Å². The zero-order valence-corrected chi connectivity index (χ0v) is 14.4. The number of carbonyl (C=O) groups is 1. The number of carbonyl (C=O) groups excluding carboxylic acids is 1. The molecular formula is C20H22N4O. The van der Waals surface area contributed by atoms with Crippen molar-refractivity contribution < 1.29 is 4.79 Å². The number of hydrogen-bond acceptors (Lipinski definition) is 3. The van der Waals surface area contributed by atoms with Gasteiger partial charge in [-0.25, -0.2) is 0 Å². The van der Waals surface area contributed by atoms with Crippen LogP contribution in [-0.2, 0) is 0 Å². The summed E-state index contributed by atoms with van der Waals surface area (Å²) in [6.45, 7) is 5.40. The number of H-pyrrole nitrogens is 1. The molecule has 4 rings (SSSR count). The molecule has 5 heteroatoms. The summed E-state index contributed by atoms with van der Waals surface area (Å²) in [5.41, 5.74) is 2.77. The minimum Gasteiger partial charge on any atom is -0.361 e. The lowest BCUT2D eigenvalue weighted by molar-refractivity contribution is 0.0580. The van der Waals surface area contributed by atoms with Crippen LogP contribution in [0.2, 0.25) is 0 Å². The lowest BCUT2D eigenvalue weighted by Crippen LogP contribution is -2.49. The molecular weight excluding hydrogens is 312 g/mol. The van der Waals surface area contributed by atoms with E-state index >= 15 is 0 Å². The van der Waals surface area contributed by atoms with Crippen LogP contribution < -0.4 is 0 Å². The Morgan fingerprint density at radius 3 is 2.68 bits per heavy atom. The van der Waals surface area contributed by atoms with E-state index < -0.39 is 0 Å². The second kappa shape index (κ2) is 6.69. The molecule has 1 aliphatic rings. The maximum atomic E-state index is 12.9. The topological polar surface area (TPSA) is 52.2 Å². The SMILES string of the molecule is C[C@@H](c1ccccn1)N1CCN(C(=O)c2cccc3cc[nH]c23)CC1. The number of aromatic nitrogens is 2. The predicted octanol–water partition coefficient (Wildman–Crippen LogP) is 3.08. The van der Waals surface area contributed by atoms with E-state index in [1.165, 1.54) is 0 Å². The van der Waals surface area contributed by atoms with Gasteiger partial charge < -0.3 is 9.88 Å². The Morgan fingerprint density at radius 1 is 1.08 bits per heavy atom. The zero-order chi connectivity index (χ0) is 17.2. The minimum absolute atomic E-state index is 0.109. The molecule has 0 spiro atoms. The number of amides is 1. The fraction of sp³-hybridized carbons (Fsp3) is 0.300. The summed E-state index contributed by atoms with van der Waals surface area (Å²) >= 11 is 0. The molecule has 1 N–H and O–H groups in total. The molecule has 3 heterocycles. The second-order valence-electron chi connectivity index (χ2n) is 6.51. The number of fused-ring (bicyclic) bond motifs is 1. The first kappa shape index (κ1) is 15.8. The Hall–Kier alpha value is -2.66. The maximum absolute atomic E-state index is 12.9. The highest BCUT2D eigenvalue weighted by molar-refractivity contribution is 6.05. The van der Waals surface area contributed by atoms with Crippen LogP contribution in [0.5, 0.6) is 0 Å². The van der Waals surface area contributed by atoms with Gasteiger partial charge in [0.1, 0.15) is 0 Å². The molecule has 1 aliphatic heterocycles. The highest BCUT2D eigenvalue weighted by Crippen LogP contribution is 2.22. The molecule has 0 aliphatic carbocycles. The molecule has 1 atom stereocenters. The van der Waals surface area contributed by atoms with Crippen LogP contribution in [0.1, 0.15) is 29.0 Å². The van der Waals surface area contributed by atoms with Crippen molar-refractivity contribution in [3.63, 3.8) is 0 Å². The first-order chi connectivity index (χ1) is 12.2. The molecule has 3 aromatic rings. The Kier molecular flexibility index (Phi) is 4.24. The third kappa shape index (κ3) is 3.03. The first-order valence-electron chi connectivity index (χ1n) is 8.74. The van der Waals surface area contributed by atoms with E-state index in [4.69, 9.17) is 0 Å². The highest BCUT2D eigenvalue weighted by atomic mass is 16.2. The Balaban J connectivity index is 1.45. The maximum Gasteiger partial charge on any atom is 0.256 e. The van der Waals surface area contributed by atoms with E-state index in [1.54, 1.807) is 0 Å². The molecule has 0 unspecified atom stereocenters. The molecule has 0 bridgehead atoms. The van der Waals surface area contributed by atoms with Gasteiger partial charge in [-0.3, -0.25) is 14.7 Å². The molecule has 1 saturated heterocycles. The largest absolute Gasteiger partial charge is 0.361 e. The van der Waals surface area contributed by atoms with Gasteiger partial charge in [0.15, 0.2) is 0 Å². The smallest absolute Gasteiger partial charge is 0.256 e. The molecule has 2 aromatic heterocycles. The lowest BCUT2D eigenvalue weighted by Gasteiger charge is -2.37. The number of nitrogens with zero attached hydrogens (tertiary/aromatic N) is 3. The Labute approximate surface area is 147 Å². The minimum atomic E-state index is 0.109. The number of para-hydroxylation sites is 1. The van der Waals surface area contributed by atoms with Gasteiger partial charge in [-0.15, -0.1) is 0 Å². The van der Waals surface area contributed by atoms with Crippen LogP contribution in [0.4, 0.5) is 0 Å². The number of piperazine rings is 1. The van der Waals surface area contributed by atoms with Gasteiger partial charge in [-0.2, -0.15) is 0 Å². The van der Waals surface area contributed by atoms with Crippen molar-refractivity contribution in [1.29, 1.82) is 0 Å². The van der Waals surface area contributed by atoms with Crippen LogP contribution in [0.3, 0.4) is 0 Å². The van der Waals surface area contributed by atoms with E-state index in [0.29, 0.717) is 0 Å². The van der Waals surface area contributed by atoms with Crippen molar-refractivity contribution in [2.45, 2.75) is 13.0 Å². The highest BCUT2D eigenvalue weighted by Gasteiger charge is 2.26. The van der Waals surface area contributed by atoms with Gasteiger partial charge in [-0.1, -0.05) is 18.2 Å². The van der Waals surface area contributed by atoms with Crippen LogP contribution in [0, 0.1) is 0 Å². The number of aromatic amines is 1. The van der Waals surface area contributed by atoms with E-state index in [0.717, 1.165) is 48.3 Å². The number of benzene rings is 1. The van der Waals surface area contributed by atoms with Crippen molar-refractivity contribution >= 4 is 16.8 Å². The molecule has 1 fully saturated rings. The second-order valence-corrected chi connectivity index (χ2v) is 6.51. The summed E-state index contributed by atoms with van der Waals surface area (Å²) in [6.07, 6.45) is 3.72. The van der Waals surface area contributed by atoms with Gasteiger partial charge >= 0.3 is 0 Å². The quantitative estimate of drug-likeness (QED) is 0.801. The third-order valence-electron chi connectivity index (χ3n) is 5.08. The van der Waals surface area contributed by atoms with Gasteiger partial charge in [0.05, 0.1) is 16.8 Å². The van der Waals surface area contributed by atoms with Gasteiger partial charge in [0, 0.05) is 50.0 Å². The number of pyridine rings is 1. The van der Waals surface area contributed by atoms with Gasteiger partial charge in [0.2, 0.25) is 0 Å². The summed E-state index contributed by atoms with van der Waals surface area (Å²) < 4.78 is 0. The summed E-state index contributed by atoms with van der Waals surface area (Å²) in [7, 11) is 0. The van der Waals surface area contributed by atoms with E-state index in [9.17, 15) is 4.79 Å². The third-order valence-corrected chi connectivity index (χ3v) is 5.08. The van der Waals surface area contributed by atoms with Crippen LogP contribution >= 0.6 is 0 Å². The fourth-order valence-corrected chi connectivity index (χ4v) is 3.56. The van der Waals surface area contributed by atoms with Crippen molar-refractivity contribution in [1.82, 2.24) is 19.8 Å². The molecule has 25 heavy (non-hydrogen) atoms. The van der Waals surface area contributed by atoms with Crippen LogP contribution in [-0.4, -0.2) is 51.9 Å². The average Bonchev–Trinajstić information content (AvgIpc) is 3.16. The Bertz CT molecular complexity index is 866. The lowest BCUT2D eigenvalue weighted by atomic mass is 10.1. The zero-order valence-electron chi connectivity index (χ0n) is 14.4. The summed E-state index contributed by atoms with van der Waals surface area (Å²) in [6, 6.07) is 14.2. The fourth-order valence-electron chi connectivity index (χ4n) is 3.56. The van der Waals surface area contributed by atoms with Gasteiger partial charge in [0.25, 0.3) is 5.91 Å². The summed E-state index contributed by atoms with van der Waals surface area (Å²) in [5, 5.41) is 1.08. The molecule has 0 radical (unpaired) electrons.